The normalized spacial score (nSPS) is 22.3. The zero-order chi connectivity index (χ0) is 11.1. The van der Waals surface area contributed by atoms with Crippen molar-refractivity contribution < 1.29 is 4.39 Å². The first kappa shape index (κ1) is 15.5. The van der Waals surface area contributed by atoms with Crippen molar-refractivity contribution in [2.45, 2.75) is 37.8 Å². The van der Waals surface area contributed by atoms with Crippen LogP contribution in [0.4, 0.5) is 10.1 Å². The van der Waals surface area contributed by atoms with Gasteiger partial charge in [0.05, 0.1) is 0 Å². The van der Waals surface area contributed by atoms with Gasteiger partial charge in [0.2, 0.25) is 0 Å². The van der Waals surface area contributed by atoms with E-state index >= 15 is 0 Å². The number of hydrogen-bond donors (Lipinski definition) is 1. The van der Waals surface area contributed by atoms with E-state index in [2.05, 4.69) is 4.90 Å². The molecule has 1 atom stereocenters. The van der Waals surface area contributed by atoms with E-state index in [1.807, 2.05) is 6.07 Å². The van der Waals surface area contributed by atoms with Crippen LogP contribution in [0.3, 0.4) is 0 Å². The largest absolute Gasteiger partial charge is 0.366 e. The van der Waals surface area contributed by atoms with E-state index in [0.717, 1.165) is 17.8 Å². The van der Waals surface area contributed by atoms with Crippen LogP contribution in [0.5, 0.6) is 0 Å². The van der Waals surface area contributed by atoms with Crippen molar-refractivity contribution in [1.82, 2.24) is 0 Å². The molecule has 0 aromatic heterocycles. The Balaban J connectivity index is 0.000000810. The maximum Gasteiger partial charge on any atom is 0.123 e. The maximum atomic E-state index is 13.2. The molecule has 3 rings (SSSR count). The Morgan fingerprint density at radius 3 is 2.50 bits per heavy atom. The monoisotopic (exact) mass is 292 g/mol. The second-order valence-corrected chi connectivity index (χ2v) is 4.90. The third-order valence-electron chi connectivity index (χ3n) is 3.86. The number of benzene rings is 1. The van der Waals surface area contributed by atoms with Gasteiger partial charge in [-0.3, -0.25) is 0 Å². The lowest BCUT2D eigenvalue weighted by molar-refractivity contribution is 0.597. The van der Waals surface area contributed by atoms with Gasteiger partial charge in [-0.1, -0.05) is 12.8 Å². The van der Waals surface area contributed by atoms with E-state index in [9.17, 15) is 4.39 Å². The van der Waals surface area contributed by atoms with E-state index in [1.165, 1.54) is 25.7 Å². The molecule has 1 heterocycles. The Bertz CT molecular complexity index is 408. The fraction of sp³-hybridized carbons (Fsp3) is 0.538. The second-order valence-electron chi connectivity index (χ2n) is 4.90. The average molecular weight is 293 g/mol. The van der Waals surface area contributed by atoms with Gasteiger partial charge in [0.15, 0.2) is 0 Å². The molecule has 18 heavy (non-hydrogen) atoms. The number of halogens is 3. The second kappa shape index (κ2) is 6.09. The minimum atomic E-state index is -0.178. The number of fused-ring (bicyclic) bond motifs is 1. The molecule has 2 N–H and O–H groups in total. The van der Waals surface area contributed by atoms with Gasteiger partial charge in [-0.05, 0) is 36.6 Å². The van der Waals surface area contributed by atoms with E-state index in [-0.39, 0.29) is 36.7 Å². The van der Waals surface area contributed by atoms with Gasteiger partial charge >= 0.3 is 0 Å². The Kier molecular flexibility index (Phi) is 5.26. The summed E-state index contributed by atoms with van der Waals surface area (Å²) in [4.78, 5) is 2.38. The zero-order valence-electron chi connectivity index (χ0n) is 10.1. The molecule has 1 aromatic carbocycles. The van der Waals surface area contributed by atoms with Crippen LogP contribution in [0.1, 0.15) is 37.3 Å². The van der Waals surface area contributed by atoms with Crippen molar-refractivity contribution in [3.05, 3.63) is 29.6 Å². The van der Waals surface area contributed by atoms with Gasteiger partial charge in [-0.15, -0.1) is 24.8 Å². The molecule has 1 unspecified atom stereocenters. The van der Waals surface area contributed by atoms with Crippen molar-refractivity contribution >= 4 is 30.5 Å². The summed E-state index contributed by atoms with van der Waals surface area (Å²) in [6.07, 6.45) is 5.13. The molecule has 1 aliphatic heterocycles. The molecular weight excluding hydrogens is 274 g/mol. The lowest BCUT2D eigenvalue weighted by Gasteiger charge is -2.26. The fourth-order valence-corrected chi connectivity index (χ4v) is 3.05. The van der Waals surface area contributed by atoms with Crippen LogP contribution in [0.15, 0.2) is 18.2 Å². The van der Waals surface area contributed by atoms with E-state index in [0.29, 0.717) is 6.04 Å². The third-order valence-corrected chi connectivity index (χ3v) is 3.86. The number of rotatable bonds is 1. The lowest BCUT2D eigenvalue weighted by atomic mass is 10.1. The summed E-state index contributed by atoms with van der Waals surface area (Å²) in [5, 5.41) is 0. The van der Waals surface area contributed by atoms with Crippen molar-refractivity contribution in [2.75, 3.05) is 11.4 Å². The van der Waals surface area contributed by atoms with Crippen molar-refractivity contribution in [1.29, 1.82) is 0 Å². The average Bonchev–Trinajstić information content (AvgIpc) is 2.87. The van der Waals surface area contributed by atoms with Crippen LogP contribution in [0, 0.1) is 5.82 Å². The summed E-state index contributed by atoms with van der Waals surface area (Å²) in [7, 11) is 0. The molecule has 1 aliphatic carbocycles. The molecule has 1 saturated carbocycles. The predicted octanol–water partition coefficient (Wildman–Crippen LogP) is 3.43. The van der Waals surface area contributed by atoms with Crippen molar-refractivity contribution in [2.24, 2.45) is 5.73 Å². The lowest BCUT2D eigenvalue weighted by Crippen LogP contribution is -2.33. The smallest absolute Gasteiger partial charge is 0.123 e. The van der Waals surface area contributed by atoms with Crippen molar-refractivity contribution in [3.8, 4) is 0 Å². The first-order chi connectivity index (χ1) is 7.75. The number of nitrogens with two attached hydrogens (primary N) is 1. The first-order valence-corrected chi connectivity index (χ1v) is 6.07. The third kappa shape index (κ3) is 2.58. The molecule has 5 heteroatoms. The standard InChI is InChI=1S/C13H17FN2.2ClH/c14-9-5-6-13-11(7-9)12(15)8-16(13)10-3-1-2-4-10;;/h5-7,10,12H,1-4,8,15H2;2*1H. The van der Waals surface area contributed by atoms with Gasteiger partial charge in [-0.25, -0.2) is 4.39 Å². The van der Waals surface area contributed by atoms with Crippen LogP contribution in [-0.2, 0) is 0 Å². The number of anilines is 1. The molecular formula is C13H19Cl2FN2. The van der Waals surface area contributed by atoms with Crippen LogP contribution in [0.2, 0.25) is 0 Å². The summed E-state index contributed by atoms with van der Waals surface area (Å²) in [5.74, 6) is -0.178. The van der Waals surface area contributed by atoms with Gasteiger partial charge in [0.25, 0.3) is 0 Å². The molecule has 1 aromatic rings. The summed E-state index contributed by atoms with van der Waals surface area (Å²) in [6, 6.07) is 5.62. The minimum absolute atomic E-state index is 0. The molecule has 1 fully saturated rings. The number of hydrogen-bond acceptors (Lipinski definition) is 2. The molecule has 0 amide bonds. The van der Waals surface area contributed by atoms with Crippen LogP contribution in [-0.4, -0.2) is 12.6 Å². The van der Waals surface area contributed by atoms with E-state index in [4.69, 9.17) is 5.73 Å². The van der Waals surface area contributed by atoms with E-state index in [1.54, 1.807) is 12.1 Å². The highest BCUT2D eigenvalue weighted by Crippen LogP contribution is 2.38. The van der Waals surface area contributed by atoms with E-state index < -0.39 is 0 Å². The molecule has 0 radical (unpaired) electrons. The molecule has 0 saturated heterocycles. The Morgan fingerprint density at radius 1 is 1.17 bits per heavy atom. The highest BCUT2D eigenvalue weighted by Gasteiger charge is 2.32. The molecule has 0 bridgehead atoms. The number of nitrogens with zero attached hydrogens (tertiary/aromatic N) is 1. The summed E-state index contributed by atoms with van der Waals surface area (Å²) >= 11 is 0. The highest BCUT2D eigenvalue weighted by molar-refractivity contribution is 5.85. The summed E-state index contributed by atoms with van der Waals surface area (Å²) in [6.45, 7) is 0.851. The Hall–Kier alpha value is -0.510. The van der Waals surface area contributed by atoms with Crippen LogP contribution in [0.25, 0.3) is 0 Å². The SMILES string of the molecule is Cl.Cl.NC1CN(C2CCCC2)c2ccc(F)cc21. The Labute approximate surface area is 120 Å². The van der Waals surface area contributed by atoms with Gasteiger partial charge < -0.3 is 10.6 Å². The minimum Gasteiger partial charge on any atom is -0.366 e. The molecule has 102 valence electrons. The quantitative estimate of drug-likeness (QED) is 0.859. The summed E-state index contributed by atoms with van der Waals surface area (Å²) < 4.78 is 13.2. The van der Waals surface area contributed by atoms with Crippen molar-refractivity contribution in [3.63, 3.8) is 0 Å². The summed E-state index contributed by atoms with van der Waals surface area (Å²) in [5.41, 5.74) is 8.20. The topological polar surface area (TPSA) is 29.3 Å². The molecule has 2 nitrogen and oxygen atoms in total. The maximum absolute atomic E-state index is 13.2. The predicted molar refractivity (Wildman–Crippen MR) is 77.4 cm³/mol. The highest BCUT2D eigenvalue weighted by atomic mass is 35.5. The molecule has 0 spiro atoms. The first-order valence-electron chi connectivity index (χ1n) is 6.07. The fourth-order valence-electron chi connectivity index (χ4n) is 3.05. The van der Waals surface area contributed by atoms with Crippen LogP contribution >= 0.6 is 24.8 Å². The molecule has 2 aliphatic rings. The van der Waals surface area contributed by atoms with Gasteiger partial charge in [-0.2, -0.15) is 0 Å². The van der Waals surface area contributed by atoms with Gasteiger partial charge in [0.1, 0.15) is 5.82 Å². The zero-order valence-corrected chi connectivity index (χ0v) is 11.8. The van der Waals surface area contributed by atoms with Crippen LogP contribution < -0.4 is 10.6 Å². The Morgan fingerprint density at radius 2 is 1.83 bits per heavy atom. The van der Waals surface area contributed by atoms with Gasteiger partial charge in [0, 0.05) is 24.3 Å².